The van der Waals surface area contributed by atoms with Crippen molar-refractivity contribution in [1.82, 2.24) is 0 Å². The molecule has 1 aliphatic carbocycles. The van der Waals surface area contributed by atoms with E-state index >= 15 is 0 Å². The van der Waals surface area contributed by atoms with Crippen molar-refractivity contribution in [2.24, 2.45) is 10.1 Å². The molecule has 3 nitrogen and oxygen atoms in total. The third-order valence-electron chi connectivity index (χ3n) is 3.51. The van der Waals surface area contributed by atoms with Crippen LogP contribution in [0, 0.1) is 0 Å². The lowest BCUT2D eigenvalue weighted by Gasteiger charge is -2.11. The molecule has 94 valence electrons. The molecule has 0 aromatic heterocycles. The lowest BCUT2D eigenvalue weighted by Crippen LogP contribution is -2.14. The maximum absolute atomic E-state index is 9.39. The van der Waals surface area contributed by atoms with Crippen LogP contribution in [-0.2, 0) is 0 Å². The molecule has 0 heterocycles. The van der Waals surface area contributed by atoms with Crippen molar-refractivity contribution >= 4 is 11.4 Å². The van der Waals surface area contributed by atoms with Crippen LogP contribution in [0.2, 0.25) is 0 Å². The van der Waals surface area contributed by atoms with E-state index in [0.717, 1.165) is 22.4 Å². The summed E-state index contributed by atoms with van der Waals surface area (Å²) in [5.41, 5.74) is 4.72. The van der Waals surface area contributed by atoms with E-state index in [-0.39, 0.29) is 5.92 Å². The molecule has 1 atom stereocenters. The van der Waals surface area contributed by atoms with Crippen molar-refractivity contribution in [2.45, 2.75) is 5.92 Å². The predicted molar refractivity (Wildman–Crippen MR) is 76.4 cm³/mol. The summed E-state index contributed by atoms with van der Waals surface area (Å²) in [7, 11) is 1.78. The fraction of sp³-hybridized carbons (Fsp3) is 0.125. The Hall–Kier alpha value is -2.42. The number of aliphatic imine (C=N–C) groups is 1. The van der Waals surface area contributed by atoms with Crippen molar-refractivity contribution in [1.29, 1.82) is 0 Å². The lowest BCUT2D eigenvalue weighted by atomic mass is 9.93. The van der Waals surface area contributed by atoms with E-state index in [9.17, 15) is 5.21 Å². The van der Waals surface area contributed by atoms with Gasteiger partial charge in [0.15, 0.2) is 0 Å². The Kier molecular flexibility index (Phi) is 2.88. The molecule has 3 heteroatoms. The van der Waals surface area contributed by atoms with Crippen LogP contribution in [0.4, 0.5) is 0 Å². The van der Waals surface area contributed by atoms with E-state index in [4.69, 9.17) is 0 Å². The van der Waals surface area contributed by atoms with Crippen LogP contribution in [0.15, 0.2) is 64.7 Å². The Morgan fingerprint density at radius 2 is 1.42 bits per heavy atom. The SMILES string of the molecule is CN=C1c2ccccc2/C(=N/O)C1c1ccccc1. The van der Waals surface area contributed by atoms with Gasteiger partial charge in [-0.05, 0) is 5.56 Å². The van der Waals surface area contributed by atoms with Gasteiger partial charge < -0.3 is 5.21 Å². The average molecular weight is 250 g/mol. The normalized spacial score (nSPS) is 21.8. The maximum Gasteiger partial charge on any atom is 0.101 e. The fourth-order valence-electron chi connectivity index (χ4n) is 2.69. The first-order chi connectivity index (χ1) is 9.36. The summed E-state index contributed by atoms with van der Waals surface area (Å²) in [6.07, 6.45) is 0. The largest absolute Gasteiger partial charge is 0.411 e. The minimum atomic E-state index is -0.0893. The van der Waals surface area contributed by atoms with Gasteiger partial charge in [-0.2, -0.15) is 0 Å². The van der Waals surface area contributed by atoms with Crippen LogP contribution in [0.5, 0.6) is 0 Å². The zero-order valence-corrected chi connectivity index (χ0v) is 10.6. The summed E-state index contributed by atoms with van der Waals surface area (Å²) >= 11 is 0. The molecular weight excluding hydrogens is 236 g/mol. The van der Waals surface area contributed by atoms with Gasteiger partial charge in [-0.25, -0.2) is 0 Å². The van der Waals surface area contributed by atoms with Crippen molar-refractivity contribution < 1.29 is 5.21 Å². The number of rotatable bonds is 1. The average Bonchev–Trinajstić information content (AvgIpc) is 2.81. The molecule has 19 heavy (non-hydrogen) atoms. The van der Waals surface area contributed by atoms with Gasteiger partial charge in [-0.3, -0.25) is 4.99 Å². The molecule has 0 amide bonds. The minimum absolute atomic E-state index is 0.0893. The van der Waals surface area contributed by atoms with Gasteiger partial charge in [0.1, 0.15) is 5.71 Å². The molecule has 0 saturated carbocycles. The monoisotopic (exact) mass is 250 g/mol. The molecule has 1 unspecified atom stereocenters. The van der Waals surface area contributed by atoms with Crippen molar-refractivity contribution in [2.75, 3.05) is 7.05 Å². The number of nitrogens with zero attached hydrogens (tertiary/aromatic N) is 2. The van der Waals surface area contributed by atoms with Gasteiger partial charge in [0.25, 0.3) is 0 Å². The molecule has 1 N–H and O–H groups in total. The summed E-state index contributed by atoms with van der Waals surface area (Å²) < 4.78 is 0. The molecule has 2 aromatic rings. The highest BCUT2D eigenvalue weighted by Crippen LogP contribution is 2.34. The van der Waals surface area contributed by atoms with Gasteiger partial charge in [0, 0.05) is 18.2 Å². The number of fused-ring (bicyclic) bond motifs is 1. The molecule has 0 saturated heterocycles. The summed E-state index contributed by atoms with van der Waals surface area (Å²) in [5.74, 6) is -0.0893. The van der Waals surface area contributed by atoms with E-state index in [1.165, 1.54) is 0 Å². The molecule has 0 aliphatic heterocycles. The van der Waals surface area contributed by atoms with Crippen LogP contribution in [0.3, 0.4) is 0 Å². The highest BCUT2D eigenvalue weighted by Gasteiger charge is 2.35. The summed E-state index contributed by atoms with van der Waals surface area (Å²) in [5, 5.41) is 12.9. The van der Waals surface area contributed by atoms with E-state index in [0.29, 0.717) is 5.71 Å². The predicted octanol–water partition coefficient (Wildman–Crippen LogP) is 3.08. The number of benzene rings is 2. The molecule has 3 rings (SSSR count). The Balaban J connectivity index is 2.22. The van der Waals surface area contributed by atoms with Gasteiger partial charge in [-0.1, -0.05) is 59.8 Å². The Bertz CT molecular complexity index is 620. The fourth-order valence-corrected chi connectivity index (χ4v) is 2.69. The number of hydrogen-bond acceptors (Lipinski definition) is 3. The standard InChI is InChI=1S/C16H14N2O/c1-17-15-12-9-5-6-10-13(12)16(18-19)14(15)11-7-3-2-4-8-11/h2-10,14,19H,1H3/b17-15?,18-16-. The first-order valence-electron chi connectivity index (χ1n) is 6.20. The molecule has 0 spiro atoms. The maximum atomic E-state index is 9.39. The number of oxime groups is 1. The quantitative estimate of drug-likeness (QED) is 0.613. The molecule has 1 aliphatic rings. The van der Waals surface area contributed by atoms with Crippen molar-refractivity contribution in [3.63, 3.8) is 0 Å². The molecule has 0 radical (unpaired) electrons. The Morgan fingerprint density at radius 3 is 2.00 bits per heavy atom. The third kappa shape index (κ3) is 1.74. The summed E-state index contributed by atoms with van der Waals surface area (Å²) in [6, 6.07) is 17.9. The van der Waals surface area contributed by atoms with Crippen LogP contribution >= 0.6 is 0 Å². The van der Waals surface area contributed by atoms with Crippen LogP contribution in [0.25, 0.3) is 0 Å². The van der Waals surface area contributed by atoms with Crippen LogP contribution in [0.1, 0.15) is 22.6 Å². The van der Waals surface area contributed by atoms with Gasteiger partial charge >= 0.3 is 0 Å². The smallest absolute Gasteiger partial charge is 0.101 e. The van der Waals surface area contributed by atoms with E-state index < -0.39 is 0 Å². The second-order valence-electron chi connectivity index (χ2n) is 4.48. The van der Waals surface area contributed by atoms with Gasteiger partial charge in [-0.15, -0.1) is 0 Å². The van der Waals surface area contributed by atoms with E-state index in [2.05, 4.69) is 10.1 Å². The minimum Gasteiger partial charge on any atom is -0.411 e. The lowest BCUT2D eigenvalue weighted by molar-refractivity contribution is 0.318. The highest BCUT2D eigenvalue weighted by molar-refractivity contribution is 6.33. The molecular formula is C16H14N2O. The topological polar surface area (TPSA) is 45.0 Å². The van der Waals surface area contributed by atoms with Crippen molar-refractivity contribution in [3.8, 4) is 0 Å². The highest BCUT2D eigenvalue weighted by atomic mass is 16.4. The van der Waals surface area contributed by atoms with E-state index in [1.807, 2.05) is 54.6 Å². The zero-order chi connectivity index (χ0) is 13.2. The molecule has 2 aromatic carbocycles. The van der Waals surface area contributed by atoms with Crippen LogP contribution < -0.4 is 0 Å². The summed E-state index contributed by atoms with van der Waals surface area (Å²) in [6.45, 7) is 0. The second-order valence-corrected chi connectivity index (χ2v) is 4.48. The number of hydrogen-bond donors (Lipinski definition) is 1. The van der Waals surface area contributed by atoms with Gasteiger partial charge in [0.05, 0.1) is 11.6 Å². The van der Waals surface area contributed by atoms with Gasteiger partial charge in [0.2, 0.25) is 0 Å². The van der Waals surface area contributed by atoms with E-state index in [1.54, 1.807) is 7.05 Å². The first-order valence-corrected chi connectivity index (χ1v) is 6.20. The van der Waals surface area contributed by atoms with Crippen molar-refractivity contribution in [3.05, 3.63) is 71.3 Å². The second kappa shape index (κ2) is 4.69. The molecule has 0 fully saturated rings. The zero-order valence-electron chi connectivity index (χ0n) is 10.6. The Morgan fingerprint density at radius 1 is 0.842 bits per heavy atom. The van der Waals surface area contributed by atoms with Crippen LogP contribution in [-0.4, -0.2) is 23.7 Å². The first kappa shape index (κ1) is 11.7. The Labute approximate surface area is 111 Å². The third-order valence-corrected chi connectivity index (χ3v) is 3.51. The molecule has 0 bridgehead atoms. The summed E-state index contributed by atoms with van der Waals surface area (Å²) in [4.78, 5) is 4.41.